The Hall–Kier alpha value is -1.66. The van der Waals surface area contributed by atoms with Crippen LogP contribution in [0.1, 0.15) is 37.9 Å². The van der Waals surface area contributed by atoms with E-state index in [1.165, 1.54) is 0 Å². The highest BCUT2D eigenvalue weighted by atomic mass is 32.1. The lowest BCUT2D eigenvalue weighted by molar-refractivity contribution is 0.420. The van der Waals surface area contributed by atoms with Gasteiger partial charge in [0.2, 0.25) is 0 Å². The van der Waals surface area contributed by atoms with Crippen LogP contribution in [0.2, 0.25) is 0 Å². The van der Waals surface area contributed by atoms with Gasteiger partial charge in [-0.2, -0.15) is 10.1 Å². The summed E-state index contributed by atoms with van der Waals surface area (Å²) in [4.78, 5) is 5.76. The lowest BCUT2D eigenvalue weighted by Crippen LogP contribution is -2.35. The molecule has 1 N–H and O–H groups in total. The van der Waals surface area contributed by atoms with Crippen LogP contribution in [-0.2, 0) is 6.54 Å². The molecule has 0 saturated carbocycles. The lowest BCUT2D eigenvalue weighted by Gasteiger charge is -2.20. The molecule has 0 saturated heterocycles. The molecular weight excluding hydrogens is 282 g/mol. The highest BCUT2D eigenvalue weighted by molar-refractivity contribution is 7.15. The van der Waals surface area contributed by atoms with Crippen LogP contribution < -0.4 is 5.32 Å². The number of aromatic nitrogens is 4. The van der Waals surface area contributed by atoms with Crippen LogP contribution in [0.5, 0.6) is 0 Å². The van der Waals surface area contributed by atoms with Gasteiger partial charge in [0, 0.05) is 29.4 Å². The second-order valence-corrected chi connectivity index (χ2v) is 7.25. The van der Waals surface area contributed by atoms with Gasteiger partial charge in [-0.15, -0.1) is 11.3 Å². The summed E-state index contributed by atoms with van der Waals surface area (Å²) in [6, 6.07) is 2.08. The number of nitrogens with one attached hydrogen (secondary N) is 1. The summed E-state index contributed by atoms with van der Waals surface area (Å²) in [6.07, 6.45) is 2.07. The number of fused-ring (bicyclic) bond motifs is 1. The van der Waals surface area contributed by atoms with E-state index in [1.54, 1.807) is 11.3 Å². The van der Waals surface area contributed by atoms with E-state index in [0.717, 1.165) is 34.4 Å². The number of rotatable bonds is 3. The molecule has 0 spiro atoms. The second-order valence-electron chi connectivity index (χ2n) is 6.38. The Morgan fingerprint density at radius 1 is 1.29 bits per heavy atom. The van der Waals surface area contributed by atoms with Crippen LogP contribution in [0.15, 0.2) is 17.6 Å². The van der Waals surface area contributed by atoms with Crippen molar-refractivity contribution in [3.63, 3.8) is 0 Å². The van der Waals surface area contributed by atoms with Crippen molar-refractivity contribution in [3.05, 3.63) is 34.7 Å². The molecule has 6 heteroatoms. The number of nitrogens with zero attached hydrogens (tertiary/aromatic N) is 4. The molecular formula is C15H21N5S. The fourth-order valence-corrected chi connectivity index (χ4v) is 3.08. The maximum Gasteiger partial charge on any atom is 0.196 e. The smallest absolute Gasteiger partial charge is 0.196 e. The van der Waals surface area contributed by atoms with E-state index < -0.39 is 0 Å². The number of hydrogen-bond donors (Lipinski definition) is 1. The quantitative estimate of drug-likeness (QED) is 0.809. The molecule has 0 aliphatic carbocycles. The lowest BCUT2D eigenvalue weighted by atomic mass is 10.1. The van der Waals surface area contributed by atoms with Gasteiger partial charge in [0.1, 0.15) is 0 Å². The van der Waals surface area contributed by atoms with Crippen LogP contribution in [0.3, 0.4) is 0 Å². The Balaban J connectivity index is 2.09. The molecule has 0 aromatic carbocycles. The summed E-state index contributed by atoms with van der Waals surface area (Å²) in [5.74, 6) is 0.921. The van der Waals surface area contributed by atoms with E-state index in [-0.39, 0.29) is 5.54 Å². The summed E-state index contributed by atoms with van der Waals surface area (Å²) in [5, 5.41) is 10.2. The number of imidazole rings is 1. The molecule has 3 aromatic heterocycles. The van der Waals surface area contributed by atoms with Crippen LogP contribution in [0.25, 0.3) is 10.8 Å². The average molecular weight is 303 g/mol. The zero-order chi connectivity index (χ0) is 15.2. The highest BCUT2D eigenvalue weighted by Crippen LogP contribution is 2.22. The Kier molecular flexibility index (Phi) is 3.37. The highest BCUT2D eigenvalue weighted by Gasteiger charge is 2.19. The number of hydrogen-bond acceptors (Lipinski definition) is 4. The van der Waals surface area contributed by atoms with Gasteiger partial charge < -0.3 is 5.32 Å². The van der Waals surface area contributed by atoms with E-state index in [1.807, 2.05) is 11.6 Å². The van der Waals surface area contributed by atoms with E-state index in [2.05, 4.69) is 60.2 Å². The van der Waals surface area contributed by atoms with Crippen molar-refractivity contribution in [1.29, 1.82) is 0 Å². The van der Waals surface area contributed by atoms with Crippen molar-refractivity contribution in [1.82, 2.24) is 24.5 Å². The van der Waals surface area contributed by atoms with Gasteiger partial charge in [-0.25, -0.2) is 4.68 Å². The van der Waals surface area contributed by atoms with Gasteiger partial charge in [0.25, 0.3) is 0 Å². The van der Waals surface area contributed by atoms with E-state index >= 15 is 0 Å². The number of thiazole rings is 1. The molecule has 0 aliphatic rings. The molecule has 0 fully saturated rings. The van der Waals surface area contributed by atoms with E-state index in [0.29, 0.717) is 0 Å². The van der Waals surface area contributed by atoms with Crippen LogP contribution in [0, 0.1) is 13.8 Å². The Morgan fingerprint density at radius 3 is 2.67 bits per heavy atom. The van der Waals surface area contributed by atoms with E-state index in [9.17, 15) is 0 Å². The molecule has 0 unspecified atom stereocenters. The molecule has 3 heterocycles. The van der Waals surface area contributed by atoms with Gasteiger partial charge in [-0.05, 0) is 40.7 Å². The SMILES string of the molecule is Cc1cc(C)n(-c2nc3sccn3c2CNC(C)(C)C)n1. The Morgan fingerprint density at radius 2 is 2.05 bits per heavy atom. The van der Waals surface area contributed by atoms with Gasteiger partial charge >= 0.3 is 0 Å². The molecule has 21 heavy (non-hydrogen) atoms. The minimum Gasteiger partial charge on any atom is -0.306 e. The van der Waals surface area contributed by atoms with Crippen LogP contribution in [0.4, 0.5) is 0 Å². The van der Waals surface area contributed by atoms with E-state index in [4.69, 9.17) is 4.98 Å². The topological polar surface area (TPSA) is 47.1 Å². The first-order valence-corrected chi connectivity index (χ1v) is 7.96. The van der Waals surface area contributed by atoms with Gasteiger partial charge in [0.05, 0.1) is 11.4 Å². The van der Waals surface area contributed by atoms with Crippen molar-refractivity contribution in [2.75, 3.05) is 0 Å². The first kappa shape index (κ1) is 14.3. The normalized spacial score (nSPS) is 12.4. The fraction of sp³-hybridized carbons (Fsp3) is 0.467. The Labute approximate surface area is 128 Å². The minimum absolute atomic E-state index is 0.0620. The Bertz CT molecular complexity index is 772. The standard InChI is InChI=1S/C15H21N5S/c1-10-8-11(2)20(18-10)13-12(9-16-15(3,4)5)19-6-7-21-14(19)17-13/h6-8,16H,9H2,1-5H3. The summed E-state index contributed by atoms with van der Waals surface area (Å²) in [6.45, 7) is 11.3. The molecule has 0 bridgehead atoms. The summed E-state index contributed by atoms with van der Waals surface area (Å²) >= 11 is 1.65. The monoisotopic (exact) mass is 303 g/mol. The summed E-state index contributed by atoms with van der Waals surface area (Å²) in [7, 11) is 0. The zero-order valence-electron chi connectivity index (χ0n) is 13.1. The largest absolute Gasteiger partial charge is 0.306 e. The van der Waals surface area contributed by atoms with Crippen molar-refractivity contribution in [3.8, 4) is 5.82 Å². The molecule has 0 atom stereocenters. The first-order chi connectivity index (χ1) is 9.85. The molecule has 0 amide bonds. The van der Waals surface area contributed by atoms with Crippen molar-refractivity contribution in [2.24, 2.45) is 0 Å². The molecule has 3 aromatic rings. The van der Waals surface area contributed by atoms with Crippen LogP contribution >= 0.6 is 11.3 Å². The van der Waals surface area contributed by atoms with Crippen molar-refractivity contribution < 1.29 is 0 Å². The van der Waals surface area contributed by atoms with Gasteiger partial charge in [0.15, 0.2) is 10.8 Å². The maximum absolute atomic E-state index is 4.76. The number of aryl methyl sites for hydroxylation is 2. The van der Waals surface area contributed by atoms with Gasteiger partial charge in [-0.1, -0.05) is 0 Å². The zero-order valence-corrected chi connectivity index (χ0v) is 14.0. The minimum atomic E-state index is 0.0620. The predicted octanol–water partition coefficient (Wildman–Crippen LogP) is 3.09. The summed E-state index contributed by atoms with van der Waals surface area (Å²) < 4.78 is 4.09. The molecule has 0 radical (unpaired) electrons. The van der Waals surface area contributed by atoms with Crippen LogP contribution in [-0.4, -0.2) is 24.7 Å². The third kappa shape index (κ3) is 2.73. The predicted molar refractivity (Wildman–Crippen MR) is 86.3 cm³/mol. The third-order valence-corrected chi connectivity index (χ3v) is 4.09. The molecule has 5 nitrogen and oxygen atoms in total. The molecule has 0 aliphatic heterocycles. The molecule has 112 valence electrons. The summed E-state index contributed by atoms with van der Waals surface area (Å²) in [5.41, 5.74) is 3.33. The van der Waals surface area contributed by atoms with Crippen molar-refractivity contribution in [2.45, 2.75) is 46.7 Å². The van der Waals surface area contributed by atoms with Gasteiger partial charge in [-0.3, -0.25) is 4.40 Å². The second kappa shape index (κ2) is 4.96. The van der Waals surface area contributed by atoms with Crippen molar-refractivity contribution >= 4 is 16.3 Å². The fourth-order valence-electron chi connectivity index (χ4n) is 2.35. The third-order valence-electron chi connectivity index (χ3n) is 3.34. The first-order valence-electron chi connectivity index (χ1n) is 7.08. The average Bonchev–Trinajstić information content (AvgIpc) is 2.99. The maximum atomic E-state index is 4.76. The molecule has 3 rings (SSSR count).